The average molecular weight is 293 g/mol. The molecule has 0 bridgehead atoms. The molecule has 0 atom stereocenters. The van der Waals surface area contributed by atoms with Crippen LogP contribution in [0.2, 0.25) is 5.15 Å². The van der Waals surface area contributed by atoms with E-state index in [-0.39, 0.29) is 15.7 Å². The first-order valence-electron chi connectivity index (χ1n) is 4.37. The summed E-state index contributed by atoms with van der Waals surface area (Å²) in [6.07, 6.45) is 2.79. The second-order valence-corrected chi connectivity index (χ2v) is 5.98. The Morgan fingerprint density at radius 1 is 1.41 bits per heavy atom. The highest BCUT2D eigenvalue weighted by atomic mass is 35.7. The molecule has 0 saturated carbocycles. The van der Waals surface area contributed by atoms with E-state index in [1.54, 1.807) is 6.07 Å². The van der Waals surface area contributed by atoms with Gasteiger partial charge in [-0.1, -0.05) is 11.6 Å². The molecule has 2 heterocycles. The average Bonchev–Trinajstić information content (AvgIpc) is 2.54. The highest BCUT2D eigenvalue weighted by molar-refractivity contribution is 8.13. The zero-order chi connectivity index (χ0) is 12.6. The van der Waals surface area contributed by atoms with E-state index >= 15 is 0 Å². The van der Waals surface area contributed by atoms with Crippen LogP contribution in [0.5, 0.6) is 0 Å². The van der Waals surface area contributed by atoms with Crippen LogP contribution in [0.25, 0.3) is 5.82 Å². The maximum Gasteiger partial charge on any atom is 0.266 e. The van der Waals surface area contributed by atoms with E-state index in [1.165, 1.54) is 24.1 Å². The van der Waals surface area contributed by atoms with Gasteiger partial charge in [0.1, 0.15) is 11.2 Å². The van der Waals surface area contributed by atoms with Crippen LogP contribution in [-0.4, -0.2) is 28.2 Å². The largest absolute Gasteiger partial charge is 0.266 e. The summed E-state index contributed by atoms with van der Waals surface area (Å²) >= 11 is 5.93. The van der Waals surface area contributed by atoms with E-state index in [2.05, 4.69) is 15.1 Å². The molecule has 2 aromatic rings. The predicted molar refractivity (Wildman–Crippen MR) is 61.9 cm³/mol. The lowest BCUT2D eigenvalue weighted by atomic mass is 10.5. The number of rotatable bonds is 2. The summed E-state index contributed by atoms with van der Waals surface area (Å²) < 4.78 is 23.8. The highest BCUT2D eigenvalue weighted by Crippen LogP contribution is 2.29. The van der Waals surface area contributed by atoms with Gasteiger partial charge in [0.2, 0.25) is 0 Å². The van der Waals surface area contributed by atoms with Crippen molar-refractivity contribution in [2.24, 2.45) is 0 Å². The first-order chi connectivity index (χ1) is 7.91. The fourth-order valence-corrected chi connectivity index (χ4v) is 3.24. The summed E-state index contributed by atoms with van der Waals surface area (Å²) in [5.74, 6) is 0.361. The SMILES string of the molecule is Cc1nn(-c2ccncn2)c(Cl)c1S(=O)(=O)Cl. The minimum Gasteiger partial charge on any atom is -0.245 e. The summed E-state index contributed by atoms with van der Waals surface area (Å²) in [6, 6.07) is 1.54. The molecule has 2 aromatic heterocycles. The van der Waals surface area contributed by atoms with Crippen molar-refractivity contribution < 1.29 is 8.42 Å². The second-order valence-electron chi connectivity index (χ2n) is 3.12. The molecular weight excluding hydrogens is 287 g/mol. The van der Waals surface area contributed by atoms with Gasteiger partial charge in [-0.2, -0.15) is 5.10 Å². The van der Waals surface area contributed by atoms with E-state index in [0.717, 1.165) is 0 Å². The molecular formula is C8H6Cl2N4O2S. The molecule has 0 radical (unpaired) electrons. The summed E-state index contributed by atoms with van der Waals surface area (Å²) in [6.45, 7) is 1.50. The van der Waals surface area contributed by atoms with Crippen LogP contribution in [0, 0.1) is 6.92 Å². The minimum absolute atomic E-state index is 0.101. The molecule has 90 valence electrons. The molecule has 6 nitrogen and oxygen atoms in total. The molecule has 0 saturated heterocycles. The Morgan fingerprint density at radius 3 is 2.59 bits per heavy atom. The smallest absolute Gasteiger partial charge is 0.245 e. The van der Waals surface area contributed by atoms with E-state index in [0.29, 0.717) is 5.82 Å². The first kappa shape index (κ1) is 12.3. The van der Waals surface area contributed by atoms with E-state index in [1.807, 2.05) is 0 Å². The van der Waals surface area contributed by atoms with Gasteiger partial charge in [0.05, 0.1) is 5.69 Å². The van der Waals surface area contributed by atoms with Gasteiger partial charge in [-0.25, -0.2) is 23.1 Å². The van der Waals surface area contributed by atoms with Crippen molar-refractivity contribution in [2.45, 2.75) is 11.8 Å². The van der Waals surface area contributed by atoms with Crippen molar-refractivity contribution in [2.75, 3.05) is 0 Å². The number of hydrogen-bond acceptors (Lipinski definition) is 5. The van der Waals surface area contributed by atoms with Gasteiger partial charge in [0.25, 0.3) is 9.05 Å². The molecule has 0 aliphatic heterocycles. The third kappa shape index (κ3) is 2.26. The van der Waals surface area contributed by atoms with Crippen molar-refractivity contribution >= 4 is 31.3 Å². The number of halogens is 2. The van der Waals surface area contributed by atoms with Crippen molar-refractivity contribution in [3.8, 4) is 5.82 Å². The van der Waals surface area contributed by atoms with E-state index in [9.17, 15) is 8.42 Å². The fraction of sp³-hybridized carbons (Fsp3) is 0.125. The van der Waals surface area contributed by atoms with Gasteiger partial charge >= 0.3 is 0 Å². The standard InChI is InChI=1S/C8H6Cl2N4O2S/c1-5-7(17(10,15)16)8(9)14(13-5)6-2-3-11-4-12-6/h2-4H,1H3. The van der Waals surface area contributed by atoms with Crippen molar-refractivity contribution in [3.63, 3.8) is 0 Å². The highest BCUT2D eigenvalue weighted by Gasteiger charge is 2.24. The Morgan fingerprint density at radius 2 is 2.12 bits per heavy atom. The van der Waals surface area contributed by atoms with E-state index in [4.69, 9.17) is 22.3 Å². The Labute approximate surface area is 107 Å². The normalized spacial score (nSPS) is 11.7. The number of hydrogen-bond donors (Lipinski definition) is 0. The van der Waals surface area contributed by atoms with Crippen molar-refractivity contribution in [1.82, 2.24) is 19.7 Å². The summed E-state index contributed by atoms with van der Waals surface area (Å²) in [5.41, 5.74) is 0.212. The molecule has 0 amide bonds. The molecule has 0 unspecified atom stereocenters. The van der Waals surface area contributed by atoms with Crippen molar-refractivity contribution in [1.29, 1.82) is 0 Å². The molecule has 0 spiro atoms. The van der Waals surface area contributed by atoms with Crippen LogP contribution >= 0.6 is 22.3 Å². The van der Waals surface area contributed by atoms with Crippen LogP contribution in [-0.2, 0) is 9.05 Å². The third-order valence-corrected chi connectivity index (χ3v) is 3.88. The lowest BCUT2D eigenvalue weighted by molar-refractivity contribution is 0.609. The minimum atomic E-state index is -3.94. The van der Waals surface area contributed by atoms with E-state index < -0.39 is 9.05 Å². The summed E-state index contributed by atoms with van der Waals surface area (Å²) in [5, 5.41) is 3.88. The maximum absolute atomic E-state index is 11.3. The molecule has 0 N–H and O–H groups in total. The first-order valence-corrected chi connectivity index (χ1v) is 7.06. The zero-order valence-corrected chi connectivity index (χ0v) is 10.8. The Hall–Kier alpha value is -1.18. The monoisotopic (exact) mass is 292 g/mol. The van der Waals surface area contributed by atoms with Gasteiger partial charge in [-0.05, 0) is 6.92 Å². The van der Waals surface area contributed by atoms with Gasteiger partial charge in [-0.15, -0.1) is 0 Å². The third-order valence-electron chi connectivity index (χ3n) is 1.98. The van der Waals surface area contributed by atoms with Crippen LogP contribution in [0.1, 0.15) is 5.69 Å². The van der Waals surface area contributed by atoms with Crippen LogP contribution < -0.4 is 0 Å². The van der Waals surface area contributed by atoms with Gasteiger partial charge in [0, 0.05) is 22.9 Å². The summed E-state index contributed by atoms with van der Waals surface area (Å²) in [7, 11) is 1.33. The quantitative estimate of drug-likeness (QED) is 0.785. The molecule has 2 rings (SSSR count). The number of nitrogens with zero attached hydrogens (tertiary/aromatic N) is 4. The molecule has 17 heavy (non-hydrogen) atoms. The van der Waals surface area contributed by atoms with Crippen LogP contribution in [0.3, 0.4) is 0 Å². The number of aryl methyl sites for hydroxylation is 1. The molecule has 0 aromatic carbocycles. The van der Waals surface area contributed by atoms with Crippen LogP contribution in [0.4, 0.5) is 0 Å². The molecule has 0 fully saturated rings. The van der Waals surface area contributed by atoms with Gasteiger partial charge < -0.3 is 0 Å². The Bertz CT molecular complexity index is 654. The predicted octanol–water partition coefficient (Wildman–Crippen LogP) is 1.55. The summed E-state index contributed by atoms with van der Waals surface area (Å²) in [4.78, 5) is 7.44. The fourth-order valence-electron chi connectivity index (χ4n) is 1.32. The van der Waals surface area contributed by atoms with Crippen LogP contribution in [0.15, 0.2) is 23.5 Å². The zero-order valence-electron chi connectivity index (χ0n) is 8.50. The lowest BCUT2D eigenvalue weighted by Gasteiger charge is -2.00. The maximum atomic E-state index is 11.3. The van der Waals surface area contributed by atoms with Gasteiger partial charge in [-0.3, -0.25) is 0 Å². The molecule has 9 heteroatoms. The Kier molecular flexibility index (Phi) is 3.07. The van der Waals surface area contributed by atoms with Gasteiger partial charge in [0.15, 0.2) is 11.0 Å². The molecule has 0 aliphatic rings. The van der Waals surface area contributed by atoms with Crippen molar-refractivity contribution in [3.05, 3.63) is 29.4 Å². The topological polar surface area (TPSA) is 77.7 Å². The number of aromatic nitrogens is 4. The second kappa shape index (κ2) is 4.25. The molecule has 0 aliphatic carbocycles. The Balaban J connectivity index is 2.69. The lowest BCUT2D eigenvalue weighted by Crippen LogP contribution is -2.00.